The lowest BCUT2D eigenvalue weighted by Crippen LogP contribution is -2.32. The highest BCUT2D eigenvalue weighted by Crippen LogP contribution is 2.25. The number of amides is 1. The lowest BCUT2D eigenvalue weighted by molar-refractivity contribution is -0.147. The molecule has 6 heteroatoms. The van der Waals surface area contributed by atoms with Crippen molar-refractivity contribution < 1.29 is 23.8 Å². The third-order valence-corrected chi connectivity index (χ3v) is 4.03. The van der Waals surface area contributed by atoms with Crippen LogP contribution in [0.15, 0.2) is 42.5 Å². The molecule has 0 saturated heterocycles. The van der Waals surface area contributed by atoms with Crippen LogP contribution in [0.25, 0.3) is 0 Å². The van der Waals surface area contributed by atoms with Gasteiger partial charge in [-0.1, -0.05) is 30.3 Å². The molecule has 2 aromatic carbocycles. The zero-order valence-electron chi connectivity index (χ0n) is 15.9. The molecule has 0 atom stereocenters. The van der Waals surface area contributed by atoms with Crippen LogP contribution in [0.1, 0.15) is 16.7 Å². The van der Waals surface area contributed by atoms with Crippen LogP contribution in [-0.2, 0) is 20.7 Å². The summed E-state index contributed by atoms with van der Waals surface area (Å²) in [5.41, 5.74) is 3.16. The van der Waals surface area contributed by atoms with E-state index in [2.05, 4.69) is 5.32 Å². The van der Waals surface area contributed by atoms with Gasteiger partial charge in [0, 0.05) is 0 Å². The summed E-state index contributed by atoms with van der Waals surface area (Å²) in [6.07, 6.45) is 0.144. The van der Waals surface area contributed by atoms with E-state index in [1.165, 1.54) is 5.56 Å². The molecule has 0 radical (unpaired) electrons. The van der Waals surface area contributed by atoms with Crippen LogP contribution in [-0.4, -0.2) is 38.7 Å². The molecule has 0 bridgehead atoms. The predicted octanol–water partition coefficient (Wildman–Crippen LogP) is 2.59. The van der Waals surface area contributed by atoms with Gasteiger partial charge in [0.05, 0.1) is 20.1 Å². The number of methoxy groups -OCH3 is 1. The summed E-state index contributed by atoms with van der Waals surface area (Å²) in [4.78, 5) is 23.6. The number of carbonyl (C=O) groups excluding carboxylic acids is 2. The molecule has 144 valence electrons. The molecule has 27 heavy (non-hydrogen) atoms. The summed E-state index contributed by atoms with van der Waals surface area (Å²) < 4.78 is 15.8. The first-order chi connectivity index (χ1) is 13.0. The fourth-order valence-corrected chi connectivity index (χ4v) is 2.42. The van der Waals surface area contributed by atoms with Crippen molar-refractivity contribution in [1.29, 1.82) is 0 Å². The predicted molar refractivity (Wildman–Crippen MR) is 102 cm³/mol. The molecule has 2 aromatic rings. The number of aryl methyl sites for hydroxylation is 2. The van der Waals surface area contributed by atoms with Gasteiger partial charge in [0.1, 0.15) is 6.61 Å². The van der Waals surface area contributed by atoms with Gasteiger partial charge in [-0.15, -0.1) is 0 Å². The van der Waals surface area contributed by atoms with Crippen molar-refractivity contribution in [3.8, 4) is 11.5 Å². The van der Waals surface area contributed by atoms with E-state index in [9.17, 15) is 9.59 Å². The number of carbonyl (C=O) groups is 2. The van der Waals surface area contributed by atoms with Crippen molar-refractivity contribution in [3.63, 3.8) is 0 Å². The van der Waals surface area contributed by atoms with E-state index in [0.29, 0.717) is 18.0 Å². The van der Waals surface area contributed by atoms with Crippen molar-refractivity contribution in [1.82, 2.24) is 5.32 Å². The Morgan fingerprint density at radius 2 is 1.74 bits per heavy atom. The van der Waals surface area contributed by atoms with E-state index < -0.39 is 5.97 Å². The first-order valence-corrected chi connectivity index (χ1v) is 8.74. The Labute approximate surface area is 159 Å². The number of para-hydroxylation sites is 2. The Morgan fingerprint density at radius 3 is 2.44 bits per heavy atom. The molecular weight excluding hydrogens is 346 g/mol. The third-order valence-electron chi connectivity index (χ3n) is 4.03. The van der Waals surface area contributed by atoms with Gasteiger partial charge in [-0.05, 0) is 42.7 Å². The molecule has 0 aliphatic rings. The molecule has 1 amide bonds. The largest absolute Gasteiger partial charge is 0.493 e. The standard InChI is InChI=1S/C21H25NO5/c1-15-8-9-17(12-16(15)2)13-21(24)27-14-20(23)22-10-11-26-19-7-5-4-6-18(19)25-3/h4-9,12H,10-11,13-14H2,1-3H3,(H,22,23). The minimum absolute atomic E-state index is 0.144. The van der Waals surface area contributed by atoms with E-state index in [1.807, 2.05) is 44.2 Å². The number of hydrogen-bond acceptors (Lipinski definition) is 5. The Morgan fingerprint density at radius 1 is 1.00 bits per heavy atom. The van der Waals surface area contributed by atoms with E-state index in [4.69, 9.17) is 14.2 Å². The fourth-order valence-electron chi connectivity index (χ4n) is 2.42. The highest BCUT2D eigenvalue weighted by Gasteiger charge is 2.09. The van der Waals surface area contributed by atoms with Crippen LogP contribution in [0.3, 0.4) is 0 Å². The first-order valence-electron chi connectivity index (χ1n) is 8.74. The average Bonchev–Trinajstić information content (AvgIpc) is 2.67. The molecule has 0 spiro atoms. The monoisotopic (exact) mass is 371 g/mol. The maximum Gasteiger partial charge on any atom is 0.310 e. The molecule has 0 aliphatic carbocycles. The second-order valence-corrected chi connectivity index (χ2v) is 6.11. The van der Waals surface area contributed by atoms with Crippen molar-refractivity contribution in [2.24, 2.45) is 0 Å². The molecule has 0 unspecified atom stereocenters. The van der Waals surface area contributed by atoms with Gasteiger partial charge < -0.3 is 19.5 Å². The Kier molecular flexibility index (Phi) is 7.67. The summed E-state index contributed by atoms with van der Waals surface area (Å²) >= 11 is 0. The van der Waals surface area contributed by atoms with Crippen LogP contribution >= 0.6 is 0 Å². The molecule has 1 N–H and O–H groups in total. The topological polar surface area (TPSA) is 73.9 Å². The van der Waals surface area contributed by atoms with Gasteiger partial charge in [0.15, 0.2) is 18.1 Å². The van der Waals surface area contributed by atoms with E-state index in [-0.39, 0.29) is 25.5 Å². The summed E-state index contributed by atoms with van der Waals surface area (Å²) in [5.74, 6) is 0.434. The van der Waals surface area contributed by atoms with Crippen molar-refractivity contribution in [2.45, 2.75) is 20.3 Å². The maximum absolute atomic E-state index is 11.9. The zero-order chi connectivity index (χ0) is 19.6. The quantitative estimate of drug-likeness (QED) is 0.542. The number of hydrogen-bond donors (Lipinski definition) is 1. The Bertz CT molecular complexity index is 788. The van der Waals surface area contributed by atoms with Gasteiger partial charge in [0.2, 0.25) is 0 Å². The third kappa shape index (κ3) is 6.66. The summed E-state index contributed by atoms with van der Waals surface area (Å²) in [7, 11) is 1.57. The second-order valence-electron chi connectivity index (χ2n) is 6.11. The summed E-state index contributed by atoms with van der Waals surface area (Å²) in [6, 6.07) is 13.1. The SMILES string of the molecule is COc1ccccc1OCCNC(=O)COC(=O)Cc1ccc(C)c(C)c1. The van der Waals surface area contributed by atoms with Crippen LogP contribution in [0.5, 0.6) is 11.5 Å². The minimum Gasteiger partial charge on any atom is -0.493 e. The van der Waals surface area contributed by atoms with Gasteiger partial charge in [0.25, 0.3) is 5.91 Å². The normalized spacial score (nSPS) is 10.2. The van der Waals surface area contributed by atoms with Gasteiger partial charge in [-0.2, -0.15) is 0 Å². The van der Waals surface area contributed by atoms with Gasteiger partial charge in [-0.3, -0.25) is 9.59 Å². The zero-order valence-corrected chi connectivity index (χ0v) is 15.9. The van der Waals surface area contributed by atoms with Gasteiger partial charge >= 0.3 is 5.97 Å². The smallest absolute Gasteiger partial charge is 0.310 e. The number of benzene rings is 2. The average molecular weight is 371 g/mol. The van der Waals surface area contributed by atoms with Crippen molar-refractivity contribution in [2.75, 3.05) is 26.9 Å². The lowest BCUT2D eigenvalue weighted by atomic mass is 10.0. The summed E-state index contributed by atoms with van der Waals surface area (Å²) in [5, 5.41) is 2.64. The second kappa shape index (κ2) is 10.2. The van der Waals surface area contributed by atoms with Crippen LogP contribution < -0.4 is 14.8 Å². The molecule has 0 heterocycles. The molecule has 2 rings (SSSR count). The molecular formula is C21H25NO5. The van der Waals surface area contributed by atoms with Gasteiger partial charge in [-0.25, -0.2) is 0 Å². The van der Waals surface area contributed by atoms with Crippen molar-refractivity contribution >= 4 is 11.9 Å². The highest BCUT2D eigenvalue weighted by atomic mass is 16.5. The minimum atomic E-state index is -0.432. The molecule has 0 fully saturated rings. The molecule has 0 aliphatic heterocycles. The molecule has 0 aromatic heterocycles. The molecule has 6 nitrogen and oxygen atoms in total. The van der Waals surface area contributed by atoms with Crippen LogP contribution in [0.2, 0.25) is 0 Å². The summed E-state index contributed by atoms with van der Waals surface area (Å²) in [6.45, 7) is 4.27. The van der Waals surface area contributed by atoms with E-state index in [0.717, 1.165) is 11.1 Å². The lowest BCUT2D eigenvalue weighted by Gasteiger charge is -2.11. The van der Waals surface area contributed by atoms with Crippen LogP contribution in [0.4, 0.5) is 0 Å². The number of rotatable bonds is 9. The van der Waals surface area contributed by atoms with E-state index >= 15 is 0 Å². The maximum atomic E-state index is 11.9. The molecule has 0 saturated carbocycles. The fraction of sp³-hybridized carbons (Fsp3) is 0.333. The Balaban J connectivity index is 1.65. The van der Waals surface area contributed by atoms with E-state index in [1.54, 1.807) is 19.2 Å². The number of ether oxygens (including phenoxy) is 3. The van der Waals surface area contributed by atoms with Crippen LogP contribution in [0, 0.1) is 13.8 Å². The highest BCUT2D eigenvalue weighted by molar-refractivity contribution is 5.81. The number of nitrogens with one attached hydrogen (secondary N) is 1. The van der Waals surface area contributed by atoms with Crippen molar-refractivity contribution in [3.05, 3.63) is 59.2 Å². The number of esters is 1. The Hall–Kier alpha value is -3.02. The first kappa shape index (κ1) is 20.3.